The zero-order chi connectivity index (χ0) is 12.9. The van der Waals surface area contributed by atoms with Crippen LogP contribution in [0.15, 0.2) is 106 Å². The van der Waals surface area contributed by atoms with Crippen LogP contribution in [0.4, 0.5) is 0 Å². The number of hydrogen-bond acceptors (Lipinski definition) is 0. The largest absolute Gasteiger partial charge is 0.166 e. The molecule has 0 atom stereocenters. The number of rotatable bonds is 3. The molecular weight excluding hydrogens is 284 g/mol. The smallest absolute Gasteiger partial charge is 0.0619 e. The third-order valence-electron chi connectivity index (χ3n) is 2.94. The Hall–Kier alpha value is -1.70. The average molecular weight is 301 g/mol. The third-order valence-corrected chi connectivity index (χ3v) is 5.17. The quantitative estimate of drug-likeness (QED) is 0.635. The lowest BCUT2D eigenvalue weighted by Gasteiger charge is -2.07. The average Bonchev–Trinajstić information content (AvgIpc) is 2.51. The summed E-state index contributed by atoms with van der Waals surface area (Å²) in [7, 11) is -0.0146. The number of hydrogen-bond donors (Lipinski definition) is 0. The summed E-state index contributed by atoms with van der Waals surface area (Å²) in [6, 6.07) is 32.2. The maximum Gasteiger partial charge on any atom is 0.166 e. The maximum absolute atomic E-state index is 2.21. The van der Waals surface area contributed by atoms with Gasteiger partial charge in [0.25, 0.3) is 0 Å². The third kappa shape index (κ3) is 3.24. The predicted molar refractivity (Wildman–Crippen MR) is 84.3 cm³/mol. The molecule has 0 aliphatic heterocycles. The molecule has 0 bridgehead atoms. The van der Waals surface area contributed by atoms with E-state index in [0.29, 0.717) is 0 Å². The van der Waals surface area contributed by atoms with Gasteiger partial charge in [-0.05, 0) is 36.4 Å². The fraction of sp³-hybridized carbons (Fsp3) is 0. The fourth-order valence-electron chi connectivity index (χ4n) is 2.08. The fourth-order valence-corrected chi connectivity index (χ4v) is 4.18. The van der Waals surface area contributed by atoms with Crippen molar-refractivity contribution in [2.75, 3.05) is 0 Å². The standard InChI is InChI=1S/C18H15S.ClH2/c1-4-10-16(11-5-1)19(17-12-6-2-7-13-17)18-14-8-3-9-15-18;/h1-15H;1H2/q2*+1. The van der Waals surface area contributed by atoms with Crippen molar-refractivity contribution in [3.8, 4) is 0 Å². The SMILES string of the molecule is [ClH2+].c1ccc([S+](c2ccccc2)c2ccccc2)cc1. The van der Waals surface area contributed by atoms with Crippen LogP contribution in [0.3, 0.4) is 0 Å². The molecule has 0 aliphatic carbocycles. The van der Waals surface area contributed by atoms with Crippen molar-refractivity contribution in [2.24, 2.45) is 0 Å². The first kappa shape index (κ1) is 14.7. The number of benzene rings is 3. The normalized spacial score (nSPS) is 10.1. The molecule has 0 saturated carbocycles. The predicted octanol–water partition coefficient (Wildman–Crippen LogP) is 4.25. The zero-order valence-corrected chi connectivity index (χ0v) is 12.7. The van der Waals surface area contributed by atoms with E-state index in [1.54, 1.807) is 0 Å². The Labute approximate surface area is 129 Å². The van der Waals surface area contributed by atoms with Gasteiger partial charge in [0.05, 0.1) is 23.3 Å². The first-order valence-electron chi connectivity index (χ1n) is 6.34. The van der Waals surface area contributed by atoms with Crippen LogP contribution in [0.2, 0.25) is 0 Å². The van der Waals surface area contributed by atoms with Crippen molar-refractivity contribution >= 4 is 10.9 Å². The second-order valence-electron chi connectivity index (χ2n) is 4.25. The summed E-state index contributed by atoms with van der Waals surface area (Å²) >= 11 is 0. The molecule has 0 fully saturated rings. The molecule has 3 rings (SSSR count). The molecule has 0 aliphatic rings. The van der Waals surface area contributed by atoms with Gasteiger partial charge in [0.15, 0.2) is 14.7 Å². The van der Waals surface area contributed by atoms with Crippen molar-refractivity contribution in [2.45, 2.75) is 14.7 Å². The Morgan fingerprint density at radius 3 is 0.900 bits per heavy atom. The van der Waals surface area contributed by atoms with E-state index in [1.165, 1.54) is 14.7 Å². The summed E-state index contributed by atoms with van der Waals surface area (Å²) in [4.78, 5) is 4.08. The van der Waals surface area contributed by atoms with Crippen molar-refractivity contribution in [3.63, 3.8) is 0 Å². The molecule has 100 valence electrons. The summed E-state index contributed by atoms with van der Waals surface area (Å²) in [6.07, 6.45) is 0. The van der Waals surface area contributed by atoms with Gasteiger partial charge in [-0.2, -0.15) is 0 Å². The molecule has 3 aromatic rings. The highest BCUT2D eigenvalue weighted by molar-refractivity contribution is 7.97. The monoisotopic (exact) mass is 300 g/mol. The molecular formula is C18H17ClS+2. The van der Waals surface area contributed by atoms with Gasteiger partial charge in [-0.3, -0.25) is 0 Å². The van der Waals surface area contributed by atoms with Gasteiger partial charge in [-0.15, -0.1) is 0 Å². The number of halogens is 1. The molecule has 0 spiro atoms. The molecule has 0 nitrogen and oxygen atoms in total. The highest BCUT2D eigenvalue weighted by Crippen LogP contribution is 2.30. The van der Waals surface area contributed by atoms with E-state index in [-0.39, 0.29) is 23.3 Å². The summed E-state index contributed by atoms with van der Waals surface area (Å²) < 4.78 is 0. The molecule has 2 heteroatoms. The molecule has 0 radical (unpaired) electrons. The van der Waals surface area contributed by atoms with Gasteiger partial charge in [-0.1, -0.05) is 54.6 Å². The van der Waals surface area contributed by atoms with Crippen LogP contribution in [-0.2, 0) is 10.9 Å². The first-order chi connectivity index (χ1) is 9.45. The summed E-state index contributed by atoms with van der Waals surface area (Å²) in [5, 5.41) is 0. The molecule has 0 N–H and O–H groups in total. The Morgan fingerprint density at radius 2 is 0.650 bits per heavy atom. The van der Waals surface area contributed by atoms with Crippen LogP contribution in [0.1, 0.15) is 0 Å². The molecule has 0 amide bonds. The van der Waals surface area contributed by atoms with Gasteiger partial charge in [0, 0.05) is 0 Å². The van der Waals surface area contributed by atoms with Gasteiger partial charge in [0.2, 0.25) is 0 Å². The van der Waals surface area contributed by atoms with E-state index in [2.05, 4.69) is 91.0 Å². The highest BCUT2D eigenvalue weighted by Gasteiger charge is 2.27. The van der Waals surface area contributed by atoms with Crippen LogP contribution in [0.5, 0.6) is 0 Å². The zero-order valence-electron chi connectivity index (χ0n) is 11.0. The summed E-state index contributed by atoms with van der Waals surface area (Å²) in [5.41, 5.74) is 0. The van der Waals surface area contributed by atoms with Crippen LogP contribution in [-0.4, -0.2) is 0 Å². The van der Waals surface area contributed by atoms with Gasteiger partial charge < -0.3 is 0 Å². The first-order valence-corrected chi connectivity index (χ1v) is 7.57. The van der Waals surface area contributed by atoms with E-state index >= 15 is 0 Å². The minimum Gasteiger partial charge on any atom is -0.0619 e. The molecule has 0 heterocycles. The molecule has 0 unspecified atom stereocenters. The van der Waals surface area contributed by atoms with Crippen LogP contribution < -0.4 is 0 Å². The van der Waals surface area contributed by atoms with Gasteiger partial charge in [-0.25, -0.2) is 0 Å². The van der Waals surface area contributed by atoms with Crippen LogP contribution in [0, 0.1) is 12.4 Å². The Balaban J connectivity index is 0.00000147. The van der Waals surface area contributed by atoms with Crippen molar-refractivity contribution in [1.29, 1.82) is 0 Å². The Kier molecular flexibility index (Phi) is 5.28. The molecule has 0 aromatic heterocycles. The van der Waals surface area contributed by atoms with E-state index in [1.807, 2.05) is 0 Å². The Morgan fingerprint density at radius 1 is 0.400 bits per heavy atom. The lowest BCUT2D eigenvalue weighted by atomic mass is 10.4. The lowest BCUT2D eigenvalue weighted by Crippen LogP contribution is -2.04. The van der Waals surface area contributed by atoms with Crippen LogP contribution >= 0.6 is 0 Å². The van der Waals surface area contributed by atoms with Crippen molar-refractivity contribution in [3.05, 3.63) is 91.0 Å². The minimum atomic E-state index is -0.0146. The van der Waals surface area contributed by atoms with E-state index in [4.69, 9.17) is 0 Å². The highest BCUT2D eigenvalue weighted by atomic mass is 35.5. The van der Waals surface area contributed by atoms with Crippen molar-refractivity contribution < 1.29 is 12.4 Å². The van der Waals surface area contributed by atoms with E-state index < -0.39 is 0 Å². The Bertz CT molecular complexity index is 529. The summed E-state index contributed by atoms with van der Waals surface area (Å²) in [5.74, 6) is 0. The maximum atomic E-state index is 2.21. The van der Waals surface area contributed by atoms with Crippen molar-refractivity contribution in [1.82, 2.24) is 0 Å². The lowest BCUT2D eigenvalue weighted by molar-refractivity contribution is -0.00000371. The van der Waals surface area contributed by atoms with E-state index in [0.717, 1.165) is 0 Å². The van der Waals surface area contributed by atoms with Gasteiger partial charge >= 0.3 is 0 Å². The second-order valence-corrected chi connectivity index (χ2v) is 6.27. The molecule has 20 heavy (non-hydrogen) atoms. The molecule has 3 aromatic carbocycles. The second kappa shape index (κ2) is 7.18. The minimum absolute atomic E-state index is 0. The van der Waals surface area contributed by atoms with Gasteiger partial charge in [0.1, 0.15) is 0 Å². The van der Waals surface area contributed by atoms with E-state index in [9.17, 15) is 0 Å². The topological polar surface area (TPSA) is 0 Å². The molecule has 0 saturated heterocycles. The summed E-state index contributed by atoms with van der Waals surface area (Å²) in [6.45, 7) is 0. The van der Waals surface area contributed by atoms with Crippen LogP contribution in [0.25, 0.3) is 0 Å².